The average molecular weight is 198 g/mol. The van der Waals surface area contributed by atoms with Gasteiger partial charge in [-0.05, 0) is 26.4 Å². The molecule has 4 heteroatoms. The van der Waals surface area contributed by atoms with Gasteiger partial charge in [0.25, 0.3) is 0 Å². The SMILES string of the molecule is CN1CCCCC1C1CNC(=O)CO1. The number of ether oxygens (including phenoxy) is 1. The largest absolute Gasteiger partial charge is 0.365 e. The molecule has 0 bridgehead atoms. The molecule has 2 aliphatic rings. The Labute approximate surface area is 84.6 Å². The second-order valence-electron chi connectivity index (χ2n) is 4.20. The van der Waals surface area contributed by atoms with Crippen molar-refractivity contribution in [1.82, 2.24) is 10.2 Å². The maximum Gasteiger partial charge on any atom is 0.246 e. The van der Waals surface area contributed by atoms with Crippen LogP contribution in [0.5, 0.6) is 0 Å². The summed E-state index contributed by atoms with van der Waals surface area (Å²) < 4.78 is 5.55. The lowest BCUT2D eigenvalue weighted by molar-refractivity contribution is -0.136. The van der Waals surface area contributed by atoms with E-state index in [1.807, 2.05) is 0 Å². The zero-order chi connectivity index (χ0) is 9.97. The molecule has 0 aromatic heterocycles. The third-order valence-electron chi connectivity index (χ3n) is 3.18. The summed E-state index contributed by atoms with van der Waals surface area (Å²) >= 11 is 0. The van der Waals surface area contributed by atoms with Crippen LogP contribution in [0.2, 0.25) is 0 Å². The number of rotatable bonds is 1. The van der Waals surface area contributed by atoms with Crippen molar-refractivity contribution in [2.24, 2.45) is 0 Å². The first-order chi connectivity index (χ1) is 6.77. The number of amides is 1. The fourth-order valence-electron chi connectivity index (χ4n) is 2.32. The monoisotopic (exact) mass is 198 g/mol. The maximum atomic E-state index is 10.9. The van der Waals surface area contributed by atoms with Crippen LogP contribution < -0.4 is 5.32 Å². The van der Waals surface area contributed by atoms with Crippen LogP contribution in [0, 0.1) is 0 Å². The molecule has 0 spiro atoms. The number of hydrogen-bond donors (Lipinski definition) is 1. The molecule has 0 aromatic rings. The minimum Gasteiger partial charge on any atom is -0.365 e. The van der Waals surface area contributed by atoms with Gasteiger partial charge in [0.1, 0.15) is 6.61 Å². The third-order valence-corrected chi connectivity index (χ3v) is 3.18. The number of piperidine rings is 1. The standard InChI is InChI=1S/C10H18N2O2/c1-12-5-3-2-4-8(12)9-6-11-10(13)7-14-9/h8-9H,2-7H2,1H3,(H,11,13). The number of likely N-dealkylation sites (N-methyl/N-ethyl adjacent to an activating group) is 1. The Balaban J connectivity index is 1.90. The smallest absolute Gasteiger partial charge is 0.246 e. The van der Waals surface area contributed by atoms with Crippen molar-refractivity contribution in [3.05, 3.63) is 0 Å². The van der Waals surface area contributed by atoms with E-state index < -0.39 is 0 Å². The molecule has 1 N–H and O–H groups in total. The molecule has 0 saturated carbocycles. The van der Waals surface area contributed by atoms with Gasteiger partial charge in [0.05, 0.1) is 6.10 Å². The van der Waals surface area contributed by atoms with Gasteiger partial charge in [0.15, 0.2) is 0 Å². The Bertz CT molecular complexity index is 210. The quantitative estimate of drug-likeness (QED) is 0.644. The molecule has 2 saturated heterocycles. The second-order valence-corrected chi connectivity index (χ2v) is 4.20. The second kappa shape index (κ2) is 4.28. The van der Waals surface area contributed by atoms with E-state index >= 15 is 0 Å². The van der Waals surface area contributed by atoms with E-state index in [2.05, 4.69) is 17.3 Å². The van der Waals surface area contributed by atoms with E-state index in [0.717, 1.165) is 6.54 Å². The Morgan fingerprint density at radius 1 is 1.50 bits per heavy atom. The van der Waals surface area contributed by atoms with Crippen LogP contribution in [-0.4, -0.2) is 49.7 Å². The maximum absolute atomic E-state index is 10.9. The molecule has 0 aliphatic carbocycles. The molecule has 2 rings (SSSR count). The Morgan fingerprint density at radius 2 is 2.36 bits per heavy atom. The molecule has 14 heavy (non-hydrogen) atoms. The Morgan fingerprint density at radius 3 is 3.00 bits per heavy atom. The van der Waals surface area contributed by atoms with Crippen LogP contribution in [0.25, 0.3) is 0 Å². The van der Waals surface area contributed by atoms with Gasteiger partial charge < -0.3 is 15.0 Å². The first kappa shape index (κ1) is 9.93. The van der Waals surface area contributed by atoms with Gasteiger partial charge in [-0.15, -0.1) is 0 Å². The zero-order valence-corrected chi connectivity index (χ0v) is 8.66. The summed E-state index contributed by atoms with van der Waals surface area (Å²) in [6.07, 6.45) is 3.95. The van der Waals surface area contributed by atoms with Crippen LogP contribution in [0.4, 0.5) is 0 Å². The van der Waals surface area contributed by atoms with Gasteiger partial charge in [0.2, 0.25) is 5.91 Å². The molecule has 1 amide bonds. The Hall–Kier alpha value is -0.610. The summed E-state index contributed by atoms with van der Waals surface area (Å²) in [5.41, 5.74) is 0. The summed E-state index contributed by atoms with van der Waals surface area (Å²) in [6, 6.07) is 0.490. The van der Waals surface area contributed by atoms with E-state index in [1.54, 1.807) is 0 Å². The summed E-state index contributed by atoms with van der Waals surface area (Å²) in [6.45, 7) is 2.06. The van der Waals surface area contributed by atoms with E-state index in [0.29, 0.717) is 12.6 Å². The van der Waals surface area contributed by atoms with Crippen molar-refractivity contribution < 1.29 is 9.53 Å². The molecule has 0 radical (unpaired) electrons. The Kier molecular flexibility index (Phi) is 3.03. The minimum absolute atomic E-state index is 0.0136. The molecular formula is C10H18N2O2. The van der Waals surface area contributed by atoms with Crippen molar-refractivity contribution in [3.8, 4) is 0 Å². The first-order valence-corrected chi connectivity index (χ1v) is 5.36. The molecule has 80 valence electrons. The molecule has 2 fully saturated rings. The van der Waals surface area contributed by atoms with Crippen LogP contribution in [0.3, 0.4) is 0 Å². The van der Waals surface area contributed by atoms with Crippen LogP contribution >= 0.6 is 0 Å². The lowest BCUT2D eigenvalue weighted by atomic mass is 9.97. The highest BCUT2D eigenvalue weighted by atomic mass is 16.5. The normalized spacial score (nSPS) is 35.4. The predicted molar refractivity (Wildman–Crippen MR) is 53.0 cm³/mol. The molecular weight excluding hydrogens is 180 g/mol. The molecule has 2 aliphatic heterocycles. The highest BCUT2D eigenvalue weighted by Crippen LogP contribution is 2.20. The molecule has 2 unspecified atom stereocenters. The summed E-state index contributed by atoms with van der Waals surface area (Å²) in [5.74, 6) is 0.0136. The van der Waals surface area contributed by atoms with Gasteiger partial charge in [-0.3, -0.25) is 4.79 Å². The summed E-state index contributed by atoms with van der Waals surface area (Å²) in [5, 5.41) is 2.86. The van der Waals surface area contributed by atoms with Gasteiger partial charge in [-0.25, -0.2) is 0 Å². The van der Waals surface area contributed by atoms with Gasteiger partial charge in [0, 0.05) is 12.6 Å². The number of hydrogen-bond acceptors (Lipinski definition) is 3. The van der Waals surface area contributed by atoms with E-state index in [4.69, 9.17) is 4.74 Å². The summed E-state index contributed by atoms with van der Waals surface area (Å²) in [4.78, 5) is 13.3. The molecule has 2 heterocycles. The number of carbonyl (C=O) groups excluding carboxylic acids is 1. The highest BCUT2D eigenvalue weighted by Gasteiger charge is 2.31. The topological polar surface area (TPSA) is 41.6 Å². The highest BCUT2D eigenvalue weighted by molar-refractivity contribution is 5.77. The van der Waals surface area contributed by atoms with Gasteiger partial charge in [-0.2, -0.15) is 0 Å². The fourth-order valence-corrected chi connectivity index (χ4v) is 2.32. The first-order valence-electron chi connectivity index (χ1n) is 5.36. The van der Waals surface area contributed by atoms with Crippen LogP contribution in [0.15, 0.2) is 0 Å². The third kappa shape index (κ3) is 2.07. The van der Waals surface area contributed by atoms with Gasteiger partial charge in [-0.1, -0.05) is 6.42 Å². The van der Waals surface area contributed by atoms with Crippen molar-refractivity contribution in [2.45, 2.75) is 31.4 Å². The molecule has 0 aromatic carbocycles. The van der Waals surface area contributed by atoms with Crippen LogP contribution in [-0.2, 0) is 9.53 Å². The predicted octanol–water partition coefficient (Wildman–Crippen LogP) is -0.0143. The number of nitrogens with one attached hydrogen (secondary N) is 1. The number of carbonyl (C=O) groups is 1. The van der Waals surface area contributed by atoms with E-state index in [1.165, 1.54) is 19.3 Å². The number of nitrogens with zero attached hydrogens (tertiary/aromatic N) is 1. The lowest BCUT2D eigenvalue weighted by Crippen LogP contribution is -2.54. The average Bonchev–Trinajstić information content (AvgIpc) is 2.20. The number of morpholine rings is 1. The van der Waals surface area contributed by atoms with Crippen molar-refractivity contribution in [1.29, 1.82) is 0 Å². The van der Waals surface area contributed by atoms with Crippen molar-refractivity contribution in [3.63, 3.8) is 0 Å². The molecule has 4 nitrogen and oxygen atoms in total. The van der Waals surface area contributed by atoms with E-state index in [-0.39, 0.29) is 18.6 Å². The van der Waals surface area contributed by atoms with Crippen molar-refractivity contribution >= 4 is 5.91 Å². The molecule has 2 atom stereocenters. The summed E-state index contributed by atoms with van der Waals surface area (Å²) in [7, 11) is 2.14. The van der Waals surface area contributed by atoms with Crippen LogP contribution in [0.1, 0.15) is 19.3 Å². The number of likely N-dealkylation sites (tertiary alicyclic amines) is 1. The van der Waals surface area contributed by atoms with Gasteiger partial charge >= 0.3 is 0 Å². The minimum atomic E-state index is 0.0136. The fraction of sp³-hybridized carbons (Fsp3) is 0.900. The van der Waals surface area contributed by atoms with E-state index in [9.17, 15) is 4.79 Å². The zero-order valence-electron chi connectivity index (χ0n) is 8.66. The van der Waals surface area contributed by atoms with Crippen molar-refractivity contribution in [2.75, 3.05) is 26.7 Å². The lowest BCUT2D eigenvalue weighted by Gasteiger charge is -2.39.